The molecule has 0 atom stereocenters. The number of carbonyl (C=O) groups excluding carboxylic acids is 1. The first-order valence-electron chi connectivity index (χ1n) is 6.44. The Balaban J connectivity index is 2.70. The van der Waals surface area contributed by atoms with Crippen LogP contribution < -0.4 is 16.0 Å². The zero-order valence-corrected chi connectivity index (χ0v) is 12.3. The molecule has 19 heavy (non-hydrogen) atoms. The second kappa shape index (κ2) is 6.36. The van der Waals surface area contributed by atoms with Crippen molar-refractivity contribution in [2.75, 3.05) is 24.2 Å². The minimum atomic E-state index is -0.228. The van der Waals surface area contributed by atoms with Gasteiger partial charge in [-0.1, -0.05) is 6.92 Å². The van der Waals surface area contributed by atoms with E-state index in [0.29, 0.717) is 5.82 Å². The summed E-state index contributed by atoms with van der Waals surface area (Å²) in [5.74, 6) is 1.43. The normalized spacial score (nSPS) is 11.0. The molecule has 0 aliphatic carbocycles. The van der Waals surface area contributed by atoms with Crippen LogP contribution in [0.15, 0.2) is 6.33 Å². The monoisotopic (exact) mass is 265 g/mol. The first-order valence-corrected chi connectivity index (χ1v) is 6.44. The summed E-state index contributed by atoms with van der Waals surface area (Å²) in [6.07, 6.45) is 2.27. The highest BCUT2D eigenvalue weighted by molar-refractivity contribution is 5.81. The Labute approximate surface area is 114 Å². The van der Waals surface area contributed by atoms with Crippen LogP contribution >= 0.6 is 0 Å². The molecule has 1 aromatic heterocycles. The van der Waals surface area contributed by atoms with Crippen molar-refractivity contribution in [3.63, 3.8) is 0 Å². The van der Waals surface area contributed by atoms with Gasteiger partial charge >= 0.3 is 0 Å². The molecular weight excluding hydrogens is 242 g/mol. The van der Waals surface area contributed by atoms with E-state index in [1.54, 1.807) is 0 Å². The minimum Gasteiger partial charge on any atom is -0.373 e. The molecule has 0 fully saturated rings. The summed E-state index contributed by atoms with van der Waals surface area (Å²) in [6, 6.07) is 0. The molecule has 0 saturated heterocycles. The van der Waals surface area contributed by atoms with Crippen molar-refractivity contribution in [3.05, 3.63) is 11.9 Å². The molecule has 0 radical (unpaired) electrons. The Morgan fingerprint density at radius 2 is 1.89 bits per heavy atom. The first-order chi connectivity index (χ1) is 8.87. The second-order valence-corrected chi connectivity index (χ2v) is 5.30. The average molecular weight is 265 g/mol. The summed E-state index contributed by atoms with van der Waals surface area (Å²) in [7, 11) is 1.82. The zero-order chi connectivity index (χ0) is 14.5. The molecule has 1 heterocycles. The summed E-state index contributed by atoms with van der Waals surface area (Å²) in [5, 5.41) is 8.97. The van der Waals surface area contributed by atoms with Crippen molar-refractivity contribution >= 4 is 17.5 Å². The number of nitrogens with zero attached hydrogens (tertiary/aromatic N) is 2. The maximum absolute atomic E-state index is 11.8. The van der Waals surface area contributed by atoms with Crippen molar-refractivity contribution in [2.24, 2.45) is 0 Å². The van der Waals surface area contributed by atoms with E-state index in [-0.39, 0.29) is 18.0 Å². The lowest BCUT2D eigenvalue weighted by Gasteiger charge is -2.21. The molecule has 3 N–H and O–H groups in total. The number of hydrogen-bond donors (Lipinski definition) is 3. The third-order valence-electron chi connectivity index (χ3n) is 2.47. The van der Waals surface area contributed by atoms with Gasteiger partial charge in [0.05, 0.1) is 6.54 Å². The molecule has 0 aliphatic rings. The van der Waals surface area contributed by atoms with E-state index in [1.165, 1.54) is 6.33 Å². The lowest BCUT2D eigenvalue weighted by atomic mass is 10.1. The Morgan fingerprint density at radius 1 is 1.26 bits per heavy atom. The van der Waals surface area contributed by atoms with Crippen molar-refractivity contribution in [1.29, 1.82) is 0 Å². The van der Waals surface area contributed by atoms with Crippen LogP contribution in [0, 0.1) is 0 Å². The summed E-state index contributed by atoms with van der Waals surface area (Å²) < 4.78 is 0. The van der Waals surface area contributed by atoms with Crippen LogP contribution in [-0.2, 0) is 11.2 Å². The Kier molecular flexibility index (Phi) is 5.09. The molecule has 1 amide bonds. The molecule has 0 aromatic carbocycles. The topological polar surface area (TPSA) is 78.9 Å². The lowest BCUT2D eigenvalue weighted by Crippen LogP contribution is -2.43. The van der Waals surface area contributed by atoms with Crippen molar-refractivity contribution in [3.8, 4) is 0 Å². The number of carbonyl (C=O) groups is 1. The van der Waals surface area contributed by atoms with Crippen LogP contribution in [0.5, 0.6) is 0 Å². The van der Waals surface area contributed by atoms with E-state index in [2.05, 4.69) is 25.9 Å². The van der Waals surface area contributed by atoms with Crippen LogP contribution in [0.2, 0.25) is 0 Å². The second-order valence-electron chi connectivity index (χ2n) is 5.30. The number of hydrogen-bond acceptors (Lipinski definition) is 5. The van der Waals surface area contributed by atoms with E-state index in [0.717, 1.165) is 17.8 Å². The van der Waals surface area contributed by atoms with Gasteiger partial charge in [-0.25, -0.2) is 9.97 Å². The van der Waals surface area contributed by atoms with Crippen LogP contribution in [0.3, 0.4) is 0 Å². The predicted molar refractivity (Wildman–Crippen MR) is 77.3 cm³/mol. The standard InChI is InChI=1S/C13H23N5O/c1-6-9-11(14-5)16-8-17-12(9)15-7-10(19)18-13(2,3)4/h8H,6-7H2,1-5H3,(H,18,19)(H2,14,15,16,17). The van der Waals surface area contributed by atoms with Crippen molar-refractivity contribution < 1.29 is 4.79 Å². The molecule has 6 heteroatoms. The summed E-state index contributed by atoms with van der Waals surface area (Å²) in [4.78, 5) is 20.1. The van der Waals surface area contributed by atoms with Gasteiger partial charge in [0.15, 0.2) is 0 Å². The molecule has 0 spiro atoms. The van der Waals surface area contributed by atoms with E-state index in [9.17, 15) is 4.79 Å². The highest BCUT2D eigenvalue weighted by Gasteiger charge is 2.14. The van der Waals surface area contributed by atoms with Crippen LogP contribution in [0.25, 0.3) is 0 Å². The molecule has 1 aromatic rings. The van der Waals surface area contributed by atoms with E-state index < -0.39 is 0 Å². The molecule has 106 valence electrons. The van der Waals surface area contributed by atoms with Gasteiger partial charge in [-0.05, 0) is 27.2 Å². The molecule has 0 aliphatic heterocycles. The maximum atomic E-state index is 11.8. The van der Waals surface area contributed by atoms with Crippen molar-refractivity contribution in [2.45, 2.75) is 39.7 Å². The highest BCUT2D eigenvalue weighted by Crippen LogP contribution is 2.19. The maximum Gasteiger partial charge on any atom is 0.239 e. The average Bonchev–Trinajstić information content (AvgIpc) is 2.33. The van der Waals surface area contributed by atoms with Gasteiger partial charge in [-0.2, -0.15) is 0 Å². The Hall–Kier alpha value is -1.85. The van der Waals surface area contributed by atoms with Gasteiger partial charge in [0.1, 0.15) is 18.0 Å². The Bertz CT molecular complexity index is 439. The largest absolute Gasteiger partial charge is 0.373 e. The molecule has 0 unspecified atom stereocenters. The zero-order valence-electron chi connectivity index (χ0n) is 12.3. The predicted octanol–water partition coefficient (Wildman–Crippen LogP) is 1.41. The third kappa shape index (κ3) is 4.73. The van der Waals surface area contributed by atoms with Gasteiger partial charge in [0.25, 0.3) is 0 Å². The lowest BCUT2D eigenvalue weighted by molar-refractivity contribution is -0.120. The van der Waals surface area contributed by atoms with Gasteiger partial charge in [0, 0.05) is 18.2 Å². The van der Waals surface area contributed by atoms with Gasteiger partial charge in [0.2, 0.25) is 5.91 Å². The SMILES string of the molecule is CCc1c(NC)ncnc1NCC(=O)NC(C)(C)C. The van der Waals surface area contributed by atoms with Crippen molar-refractivity contribution in [1.82, 2.24) is 15.3 Å². The van der Waals surface area contributed by atoms with E-state index in [1.807, 2.05) is 34.7 Å². The highest BCUT2D eigenvalue weighted by atomic mass is 16.2. The first kappa shape index (κ1) is 15.2. The molecule has 6 nitrogen and oxygen atoms in total. The van der Waals surface area contributed by atoms with Gasteiger partial charge < -0.3 is 16.0 Å². The van der Waals surface area contributed by atoms with Crippen LogP contribution in [0.1, 0.15) is 33.3 Å². The number of amides is 1. The Morgan fingerprint density at radius 3 is 2.42 bits per heavy atom. The summed E-state index contributed by atoms with van der Waals surface area (Å²) in [5.41, 5.74) is 0.752. The fraction of sp³-hybridized carbons (Fsp3) is 0.615. The van der Waals surface area contributed by atoms with Crippen LogP contribution in [0.4, 0.5) is 11.6 Å². The van der Waals surface area contributed by atoms with Crippen LogP contribution in [-0.4, -0.2) is 35.0 Å². The minimum absolute atomic E-state index is 0.0563. The molecule has 0 bridgehead atoms. The third-order valence-corrected chi connectivity index (χ3v) is 2.47. The number of aromatic nitrogens is 2. The fourth-order valence-electron chi connectivity index (χ4n) is 1.74. The van der Waals surface area contributed by atoms with E-state index in [4.69, 9.17) is 0 Å². The quantitative estimate of drug-likeness (QED) is 0.750. The molecule has 0 saturated carbocycles. The smallest absolute Gasteiger partial charge is 0.239 e. The van der Waals surface area contributed by atoms with Gasteiger partial charge in [-0.15, -0.1) is 0 Å². The van der Waals surface area contributed by atoms with E-state index >= 15 is 0 Å². The molecule has 1 rings (SSSR count). The summed E-state index contributed by atoms with van der Waals surface area (Å²) in [6.45, 7) is 8.08. The summed E-state index contributed by atoms with van der Waals surface area (Å²) >= 11 is 0. The molecular formula is C13H23N5O. The number of nitrogens with one attached hydrogen (secondary N) is 3. The number of rotatable bonds is 5. The number of anilines is 2. The van der Waals surface area contributed by atoms with Gasteiger partial charge in [-0.3, -0.25) is 4.79 Å². The fourth-order valence-corrected chi connectivity index (χ4v) is 1.74.